The maximum atomic E-state index is 14.8. The minimum absolute atomic E-state index is 0.0819. The molecule has 0 radical (unpaired) electrons. The Labute approximate surface area is 144 Å². The van der Waals surface area contributed by atoms with E-state index in [0.29, 0.717) is 30.6 Å². The summed E-state index contributed by atoms with van der Waals surface area (Å²) in [6.07, 6.45) is 4.25. The molecule has 130 valence electrons. The Morgan fingerprint density at radius 1 is 1.21 bits per heavy atom. The van der Waals surface area contributed by atoms with Crippen molar-refractivity contribution in [2.45, 2.75) is 70.0 Å². The summed E-state index contributed by atoms with van der Waals surface area (Å²) in [6.45, 7) is 6.03. The van der Waals surface area contributed by atoms with Crippen LogP contribution in [0.25, 0.3) is 0 Å². The van der Waals surface area contributed by atoms with Crippen molar-refractivity contribution in [3.8, 4) is 0 Å². The fourth-order valence-electron chi connectivity index (χ4n) is 5.66. The number of hydrogen-bond donors (Lipinski definition) is 1. The summed E-state index contributed by atoms with van der Waals surface area (Å²) < 4.78 is 14.8. The molecular formula is C21H28FNO. The van der Waals surface area contributed by atoms with Gasteiger partial charge in [0, 0.05) is 6.04 Å². The Hall–Kier alpha value is -1.38. The van der Waals surface area contributed by atoms with Crippen LogP contribution < -0.4 is 5.32 Å². The lowest BCUT2D eigenvalue weighted by Gasteiger charge is -2.57. The number of carbonyl (C=O) groups excluding carboxylic acids is 1. The van der Waals surface area contributed by atoms with Crippen molar-refractivity contribution in [2.24, 2.45) is 17.8 Å². The van der Waals surface area contributed by atoms with Crippen LogP contribution in [0.4, 0.5) is 4.39 Å². The molecule has 1 aromatic rings. The number of halogens is 1. The number of amides is 1. The van der Waals surface area contributed by atoms with Crippen LogP contribution in [0.3, 0.4) is 0 Å². The maximum absolute atomic E-state index is 14.8. The van der Waals surface area contributed by atoms with E-state index in [4.69, 9.17) is 0 Å². The minimum Gasteiger partial charge on any atom is -0.352 e. The molecular weight excluding hydrogens is 301 g/mol. The molecule has 0 saturated heterocycles. The standard InChI is InChI=1S/C21H28FNO/c1-13-5-4-6-17(7-13)20(2,3)19(24)23-18-15-8-14-9-16(18)12-21(22,10-14)11-15/h4-7,14-16,18H,8-12H2,1-3H3,(H,23,24)/t14?,15-,16+,18?,21?. The Balaban J connectivity index is 1.52. The molecule has 5 atom stereocenters. The lowest BCUT2D eigenvalue weighted by atomic mass is 9.53. The van der Waals surface area contributed by atoms with Crippen LogP contribution in [-0.2, 0) is 10.2 Å². The summed E-state index contributed by atoms with van der Waals surface area (Å²) in [5.74, 6) is 1.29. The van der Waals surface area contributed by atoms with E-state index in [0.717, 1.165) is 24.8 Å². The number of hydrogen-bond acceptors (Lipinski definition) is 1. The number of carbonyl (C=O) groups is 1. The average molecular weight is 329 g/mol. The highest BCUT2D eigenvalue weighted by atomic mass is 19.1. The van der Waals surface area contributed by atoms with Gasteiger partial charge in [-0.15, -0.1) is 0 Å². The first-order valence-corrected chi connectivity index (χ1v) is 9.34. The molecule has 4 bridgehead atoms. The van der Waals surface area contributed by atoms with Crippen LogP contribution in [0.2, 0.25) is 0 Å². The number of benzene rings is 1. The van der Waals surface area contributed by atoms with Gasteiger partial charge >= 0.3 is 0 Å². The SMILES string of the molecule is Cc1cccc(C(C)(C)C(=O)NC2[C@@H]3CC4C[C@H]2CC(F)(C4)C3)c1. The third-order valence-corrected chi connectivity index (χ3v) is 6.80. The number of alkyl halides is 1. The zero-order valence-electron chi connectivity index (χ0n) is 14.9. The van der Waals surface area contributed by atoms with Crippen molar-refractivity contribution in [3.63, 3.8) is 0 Å². The molecule has 4 saturated carbocycles. The second kappa shape index (κ2) is 5.31. The third-order valence-electron chi connectivity index (χ3n) is 6.80. The summed E-state index contributed by atoms with van der Waals surface area (Å²) in [6, 6.07) is 8.35. The zero-order valence-corrected chi connectivity index (χ0v) is 14.9. The van der Waals surface area contributed by atoms with Gasteiger partial charge in [0.1, 0.15) is 5.67 Å². The van der Waals surface area contributed by atoms with Gasteiger partial charge in [-0.1, -0.05) is 29.8 Å². The molecule has 0 heterocycles. The Morgan fingerprint density at radius 3 is 2.46 bits per heavy atom. The summed E-state index contributed by atoms with van der Waals surface area (Å²) in [5, 5.41) is 3.33. The van der Waals surface area contributed by atoms with Gasteiger partial charge in [-0.25, -0.2) is 4.39 Å². The van der Waals surface area contributed by atoms with Gasteiger partial charge in [0.25, 0.3) is 0 Å². The molecule has 24 heavy (non-hydrogen) atoms. The molecule has 4 aliphatic carbocycles. The molecule has 2 nitrogen and oxygen atoms in total. The second-order valence-corrected chi connectivity index (χ2v) is 9.11. The Morgan fingerprint density at radius 2 is 1.88 bits per heavy atom. The number of rotatable bonds is 3. The summed E-state index contributed by atoms with van der Waals surface area (Å²) in [5.41, 5.74) is 0.714. The first kappa shape index (κ1) is 16.1. The number of aryl methyl sites for hydroxylation is 1. The normalized spacial score (nSPS) is 37.5. The summed E-state index contributed by atoms with van der Waals surface area (Å²) >= 11 is 0. The van der Waals surface area contributed by atoms with E-state index in [1.54, 1.807) is 0 Å². The van der Waals surface area contributed by atoms with Crippen molar-refractivity contribution in [2.75, 3.05) is 0 Å². The van der Waals surface area contributed by atoms with E-state index in [2.05, 4.69) is 24.4 Å². The molecule has 4 aliphatic rings. The van der Waals surface area contributed by atoms with Crippen LogP contribution >= 0.6 is 0 Å². The van der Waals surface area contributed by atoms with Gasteiger partial charge in [-0.2, -0.15) is 0 Å². The Kier molecular flexibility index (Phi) is 3.56. The molecule has 0 spiro atoms. The van der Waals surface area contributed by atoms with E-state index in [1.807, 2.05) is 26.0 Å². The van der Waals surface area contributed by atoms with Crippen LogP contribution in [0.5, 0.6) is 0 Å². The zero-order chi connectivity index (χ0) is 17.1. The summed E-state index contributed by atoms with van der Waals surface area (Å²) in [7, 11) is 0. The van der Waals surface area contributed by atoms with E-state index in [9.17, 15) is 9.18 Å². The lowest BCUT2D eigenvalue weighted by Crippen LogP contribution is -2.61. The average Bonchev–Trinajstić information content (AvgIpc) is 2.49. The van der Waals surface area contributed by atoms with E-state index in [-0.39, 0.29) is 11.9 Å². The third kappa shape index (κ3) is 2.57. The molecule has 1 N–H and O–H groups in total. The largest absolute Gasteiger partial charge is 0.352 e. The molecule has 3 unspecified atom stereocenters. The fraction of sp³-hybridized carbons (Fsp3) is 0.667. The Bertz CT molecular complexity index is 652. The predicted molar refractivity (Wildman–Crippen MR) is 93.5 cm³/mol. The van der Waals surface area contributed by atoms with Crippen LogP contribution in [0.1, 0.15) is 57.1 Å². The molecule has 0 aliphatic heterocycles. The molecule has 4 fully saturated rings. The first-order chi connectivity index (χ1) is 11.3. The minimum atomic E-state index is -0.941. The van der Waals surface area contributed by atoms with E-state index in [1.165, 1.54) is 5.56 Å². The molecule has 0 aromatic heterocycles. The van der Waals surface area contributed by atoms with Gasteiger partial charge < -0.3 is 5.32 Å². The topological polar surface area (TPSA) is 29.1 Å². The predicted octanol–water partition coefficient (Wildman–Crippen LogP) is 4.31. The molecule has 5 rings (SSSR count). The van der Waals surface area contributed by atoms with Gasteiger partial charge in [0.05, 0.1) is 5.41 Å². The lowest BCUT2D eigenvalue weighted by molar-refractivity contribution is -0.134. The maximum Gasteiger partial charge on any atom is 0.230 e. The highest BCUT2D eigenvalue weighted by Gasteiger charge is 2.56. The van der Waals surface area contributed by atoms with E-state index >= 15 is 0 Å². The van der Waals surface area contributed by atoms with Crippen LogP contribution in [0.15, 0.2) is 24.3 Å². The van der Waals surface area contributed by atoms with E-state index < -0.39 is 11.1 Å². The van der Waals surface area contributed by atoms with Crippen molar-refractivity contribution >= 4 is 5.91 Å². The quantitative estimate of drug-likeness (QED) is 0.880. The monoisotopic (exact) mass is 329 g/mol. The van der Waals surface area contributed by atoms with Gasteiger partial charge in [0.2, 0.25) is 5.91 Å². The fourth-order valence-corrected chi connectivity index (χ4v) is 5.66. The van der Waals surface area contributed by atoms with Crippen molar-refractivity contribution in [3.05, 3.63) is 35.4 Å². The highest BCUT2D eigenvalue weighted by molar-refractivity contribution is 5.87. The van der Waals surface area contributed by atoms with Crippen molar-refractivity contribution in [1.82, 2.24) is 5.32 Å². The first-order valence-electron chi connectivity index (χ1n) is 9.34. The van der Waals surface area contributed by atoms with Crippen LogP contribution in [0, 0.1) is 24.7 Å². The van der Waals surface area contributed by atoms with Crippen molar-refractivity contribution < 1.29 is 9.18 Å². The highest BCUT2D eigenvalue weighted by Crippen LogP contribution is 2.57. The molecule has 1 aromatic carbocycles. The molecule has 1 amide bonds. The van der Waals surface area contributed by atoms with Gasteiger partial charge in [-0.05, 0) is 76.2 Å². The van der Waals surface area contributed by atoms with Crippen LogP contribution in [-0.4, -0.2) is 17.6 Å². The van der Waals surface area contributed by atoms with Gasteiger partial charge in [0.15, 0.2) is 0 Å². The van der Waals surface area contributed by atoms with Gasteiger partial charge in [-0.3, -0.25) is 4.79 Å². The second-order valence-electron chi connectivity index (χ2n) is 9.11. The van der Waals surface area contributed by atoms with Crippen molar-refractivity contribution in [1.29, 1.82) is 0 Å². The summed E-state index contributed by atoms with van der Waals surface area (Å²) in [4.78, 5) is 13.0. The molecule has 3 heteroatoms. The number of nitrogens with one attached hydrogen (secondary N) is 1. The smallest absolute Gasteiger partial charge is 0.230 e.